The van der Waals surface area contributed by atoms with Gasteiger partial charge in [-0.25, -0.2) is 0 Å². The summed E-state index contributed by atoms with van der Waals surface area (Å²) >= 11 is 8.95. The number of aryl methyl sites for hydroxylation is 1. The fourth-order valence-corrected chi connectivity index (χ4v) is 1.64. The van der Waals surface area contributed by atoms with Crippen LogP contribution in [0.3, 0.4) is 0 Å². The summed E-state index contributed by atoms with van der Waals surface area (Å²) in [4.78, 5) is 0. The highest BCUT2D eigenvalue weighted by Crippen LogP contribution is 2.28. The maximum atomic E-state index is 5.55. The molecule has 3 nitrogen and oxygen atoms in total. The van der Waals surface area contributed by atoms with Crippen LogP contribution in [-0.2, 0) is 0 Å². The number of aromatic nitrogens is 2. The molecule has 0 aliphatic rings. The van der Waals surface area contributed by atoms with Gasteiger partial charge in [0.25, 0.3) is 0 Å². The van der Waals surface area contributed by atoms with Crippen molar-refractivity contribution in [1.29, 1.82) is 0 Å². The van der Waals surface area contributed by atoms with Crippen molar-refractivity contribution in [2.45, 2.75) is 6.92 Å². The van der Waals surface area contributed by atoms with E-state index in [0.717, 1.165) is 15.6 Å². The van der Waals surface area contributed by atoms with Crippen molar-refractivity contribution in [1.82, 2.24) is 10.2 Å². The second kappa shape index (κ2) is 3.71. The van der Waals surface area contributed by atoms with Crippen LogP contribution < -0.4 is 0 Å². The average molecular weight is 274 g/mol. The minimum absolute atomic E-state index is 0.0495. The monoisotopic (exact) mass is 272 g/mol. The lowest BCUT2D eigenvalue weighted by Gasteiger charge is -1.99. The fraction of sp³-hybridized carbons (Fsp3) is 0.111. The van der Waals surface area contributed by atoms with Gasteiger partial charge < -0.3 is 4.42 Å². The summed E-state index contributed by atoms with van der Waals surface area (Å²) in [6.07, 6.45) is 0. The second-order valence-electron chi connectivity index (χ2n) is 2.84. The van der Waals surface area contributed by atoms with Gasteiger partial charge in [0.2, 0.25) is 5.89 Å². The lowest BCUT2D eigenvalue weighted by Crippen LogP contribution is -1.81. The summed E-state index contributed by atoms with van der Waals surface area (Å²) in [5.41, 5.74) is 1.97. The van der Waals surface area contributed by atoms with Gasteiger partial charge in [0.05, 0.1) is 5.56 Å². The van der Waals surface area contributed by atoms with Crippen molar-refractivity contribution in [3.05, 3.63) is 33.6 Å². The van der Waals surface area contributed by atoms with E-state index in [-0.39, 0.29) is 5.35 Å². The Morgan fingerprint density at radius 1 is 1.36 bits per heavy atom. The third-order valence-electron chi connectivity index (χ3n) is 1.75. The molecule has 0 bridgehead atoms. The molecule has 0 amide bonds. The maximum absolute atomic E-state index is 5.55. The Kier molecular flexibility index (Phi) is 2.56. The lowest BCUT2D eigenvalue weighted by molar-refractivity contribution is 0.570. The predicted octanol–water partition coefficient (Wildman–Crippen LogP) is 3.46. The van der Waals surface area contributed by atoms with E-state index in [1.165, 1.54) is 0 Å². The quantitative estimate of drug-likeness (QED) is 0.798. The zero-order valence-electron chi connectivity index (χ0n) is 7.29. The first-order chi connectivity index (χ1) is 6.66. The number of halogens is 2. The SMILES string of the molecule is Cc1ccc(Br)c(-c2nnc(Cl)o2)c1. The van der Waals surface area contributed by atoms with Crippen LogP contribution >= 0.6 is 27.5 Å². The Morgan fingerprint density at radius 2 is 2.14 bits per heavy atom. The third kappa shape index (κ3) is 1.81. The molecule has 14 heavy (non-hydrogen) atoms. The van der Waals surface area contributed by atoms with Gasteiger partial charge in [0.1, 0.15) is 0 Å². The van der Waals surface area contributed by atoms with Gasteiger partial charge in [0.15, 0.2) is 0 Å². The zero-order valence-corrected chi connectivity index (χ0v) is 9.63. The standard InChI is InChI=1S/C9H6BrClN2O/c1-5-2-3-7(10)6(4-5)8-12-13-9(11)14-8/h2-4H,1H3. The Morgan fingerprint density at radius 3 is 2.79 bits per heavy atom. The molecule has 0 fully saturated rings. The summed E-state index contributed by atoms with van der Waals surface area (Å²) in [6, 6.07) is 5.88. The molecular weight excluding hydrogens is 267 g/mol. The highest BCUT2D eigenvalue weighted by atomic mass is 79.9. The minimum atomic E-state index is 0.0495. The smallest absolute Gasteiger partial charge is 0.313 e. The molecule has 0 aliphatic heterocycles. The summed E-state index contributed by atoms with van der Waals surface area (Å²) in [5.74, 6) is 0.422. The summed E-state index contributed by atoms with van der Waals surface area (Å²) in [6.45, 7) is 1.99. The highest BCUT2D eigenvalue weighted by molar-refractivity contribution is 9.10. The van der Waals surface area contributed by atoms with Crippen LogP contribution in [-0.4, -0.2) is 10.2 Å². The van der Waals surface area contributed by atoms with Crippen LogP contribution in [0.15, 0.2) is 27.1 Å². The highest BCUT2D eigenvalue weighted by Gasteiger charge is 2.10. The molecule has 0 saturated carbocycles. The lowest BCUT2D eigenvalue weighted by atomic mass is 10.1. The first-order valence-corrected chi connectivity index (χ1v) is 5.09. The molecule has 0 atom stereocenters. The van der Waals surface area contributed by atoms with E-state index in [1.807, 2.05) is 25.1 Å². The van der Waals surface area contributed by atoms with E-state index < -0.39 is 0 Å². The Balaban J connectivity index is 2.55. The molecule has 1 aromatic carbocycles. The number of benzene rings is 1. The van der Waals surface area contributed by atoms with E-state index in [1.54, 1.807) is 0 Å². The van der Waals surface area contributed by atoms with Crippen molar-refractivity contribution in [3.63, 3.8) is 0 Å². The van der Waals surface area contributed by atoms with Gasteiger partial charge >= 0.3 is 5.35 Å². The van der Waals surface area contributed by atoms with E-state index in [0.29, 0.717) is 5.89 Å². The van der Waals surface area contributed by atoms with Gasteiger partial charge in [-0.2, -0.15) is 0 Å². The van der Waals surface area contributed by atoms with Crippen molar-refractivity contribution >= 4 is 27.5 Å². The van der Waals surface area contributed by atoms with Crippen LogP contribution in [0.5, 0.6) is 0 Å². The summed E-state index contributed by atoms with van der Waals surface area (Å²) < 4.78 is 6.02. The summed E-state index contributed by atoms with van der Waals surface area (Å²) in [5, 5.41) is 7.45. The molecule has 0 radical (unpaired) electrons. The normalized spacial score (nSPS) is 10.5. The molecule has 1 aromatic heterocycles. The molecule has 0 spiro atoms. The van der Waals surface area contributed by atoms with Gasteiger partial charge in [-0.05, 0) is 46.6 Å². The number of hydrogen-bond donors (Lipinski definition) is 0. The molecule has 5 heteroatoms. The van der Waals surface area contributed by atoms with Gasteiger partial charge in [-0.1, -0.05) is 16.7 Å². The number of rotatable bonds is 1. The number of nitrogens with zero attached hydrogens (tertiary/aromatic N) is 2. The first kappa shape index (κ1) is 9.68. The Labute approximate surface area is 94.2 Å². The average Bonchev–Trinajstić information content (AvgIpc) is 2.56. The molecule has 1 heterocycles. The molecular formula is C9H6BrClN2O. The van der Waals surface area contributed by atoms with E-state index in [9.17, 15) is 0 Å². The molecule has 0 unspecified atom stereocenters. The van der Waals surface area contributed by atoms with Gasteiger partial charge in [-0.15, -0.1) is 5.10 Å². The van der Waals surface area contributed by atoms with Gasteiger partial charge in [-0.3, -0.25) is 0 Å². The van der Waals surface area contributed by atoms with Crippen LogP contribution in [0, 0.1) is 6.92 Å². The molecule has 2 aromatic rings. The molecule has 0 N–H and O–H groups in total. The van der Waals surface area contributed by atoms with E-state index in [4.69, 9.17) is 16.0 Å². The molecule has 2 rings (SSSR count). The molecule has 72 valence electrons. The van der Waals surface area contributed by atoms with Crippen molar-refractivity contribution in [3.8, 4) is 11.5 Å². The third-order valence-corrected chi connectivity index (χ3v) is 2.60. The summed E-state index contributed by atoms with van der Waals surface area (Å²) in [7, 11) is 0. The van der Waals surface area contributed by atoms with Crippen molar-refractivity contribution < 1.29 is 4.42 Å². The van der Waals surface area contributed by atoms with Crippen LogP contribution in [0.25, 0.3) is 11.5 Å². The number of hydrogen-bond acceptors (Lipinski definition) is 3. The first-order valence-electron chi connectivity index (χ1n) is 3.92. The van der Waals surface area contributed by atoms with Crippen molar-refractivity contribution in [2.75, 3.05) is 0 Å². The fourth-order valence-electron chi connectivity index (χ4n) is 1.12. The molecule has 0 aliphatic carbocycles. The van der Waals surface area contributed by atoms with Crippen LogP contribution in [0.4, 0.5) is 0 Å². The molecule has 0 saturated heterocycles. The maximum Gasteiger partial charge on any atom is 0.313 e. The van der Waals surface area contributed by atoms with Gasteiger partial charge in [0, 0.05) is 4.47 Å². The second-order valence-corrected chi connectivity index (χ2v) is 4.02. The largest absolute Gasteiger partial charge is 0.407 e. The zero-order chi connectivity index (χ0) is 10.1. The van der Waals surface area contributed by atoms with Crippen molar-refractivity contribution in [2.24, 2.45) is 0 Å². The van der Waals surface area contributed by atoms with Crippen LogP contribution in [0.1, 0.15) is 5.56 Å². The Bertz CT molecular complexity index is 470. The van der Waals surface area contributed by atoms with E-state index >= 15 is 0 Å². The Hall–Kier alpha value is -0.870. The minimum Gasteiger partial charge on any atom is -0.407 e. The topological polar surface area (TPSA) is 38.9 Å². The predicted molar refractivity (Wildman–Crippen MR) is 57.2 cm³/mol. The van der Waals surface area contributed by atoms with E-state index in [2.05, 4.69) is 26.1 Å². The van der Waals surface area contributed by atoms with Crippen LogP contribution in [0.2, 0.25) is 5.35 Å².